The van der Waals surface area contributed by atoms with Crippen LogP contribution in [0.1, 0.15) is 47.4 Å². The molecule has 0 bridgehead atoms. The lowest BCUT2D eigenvalue weighted by molar-refractivity contribution is 0.00994. The summed E-state index contributed by atoms with van der Waals surface area (Å²) in [5.74, 6) is 0.274. The number of ether oxygens (including phenoxy) is 2. The zero-order chi connectivity index (χ0) is 25.8. The zero-order valence-corrected chi connectivity index (χ0v) is 21.5. The van der Waals surface area contributed by atoms with Crippen molar-refractivity contribution >= 4 is 17.5 Å². The highest BCUT2D eigenvalue weighted by Gasteiger charge is 2.31. The fourth-order valence-corrected chi connectivity index (χ4v) is 4.65. The Hall–Kier alpha value is -2.97. The van der Waals surface area contributed by atoms with Crippen molar-refractivity contribution in [3.8, 4) is 5.75 Å². The maximum atomic E-state index is 13.6. The monoisotopic (exact) mass is 497 g/mol. The summed E-state index contributed by atoms with van der Waals surface area (Å²) in [5, 5.41) is 2.76. The summed E-state index contributed by atoms with van der Waals surface area (Å²) in [6.07, 6.45) is 2.43. The molecule has 7 nitrogen and oxygen atoms in total. The van der Waals surface area contributed by atoms with Crippen molar-refractivity contribution in [1.29, 1.82) is 0 Å². The first-order chi connectivity index (χ1) is 17.2. The highest BCUT2D eigenvalue weighted by molar-refractivity contribution is 6.05. The second-order valence-electron chi connectivity index (χ2n) is 10.2. The van der Waals surface area contributed by atoms with Crippen molar-refractivity contribution in [3.05, 3.63) is 59.4 Å². The molecule has 1 aliphatic heterocycles. The van der Waals surface area contributed by atoms with Crippen LogP contribution in [0.5, 0.6) is 5.75 Å². The van der Waals surface area contributed by atoms with E-state index in [0.29, 0.717) is 30.2 Å². The van der Waals surface area contributed by atoms with Crippen molar-refractivity contribution in [2.24, 2.45) is 11.8 Å². The molecule has 194 valence electrons. The summed E-state index contributed by atoms with van der Waals surface area (Å²) < 4.78 is 25.6. The van der Waals surface area contributed by atoms with Gasteiger partial charge in [-0.15, -0.1) is 0 Å². The van der Waals surface area contributed by atoms with Crippen molar-refractivity contribution in [1.82, 2.24) is 9.80 Å². The van der Waals surface area contributed by atoms with E-state index < -0.39 is 11.7 Å². The van der Waals surface area contributed by atoms with Crippen LogP contribution < -0.4 is 10.1 Å². The van der Waals surface area contributed by atoms with E-state index in [1.807, 2.05) is 0 Å². The first kappa shape index (κ1) is 26.1. The fraction of sp³-hybridized carbons (Fsp3) is 0.500. The van der Waals surface area contributed by atoms with Gasteiger partial charge >= 0.3 is 0 Å². The van der Waals surface area contributed by atoms with E-state index in [1.165, 1.54) is 37.1 Å². The van der Waals surface area contributed by atoms with Gasteiger partial charge in [-0.25, -0.2) is 4.39 Å². The highest BCUT2D eigenvalue weighted by Crippen LogP contribution is 2.32. The molecule has 3 atom stereocenters. The van der Waals surface area contributed by atoms with Gasteiger partial charge in [-0.3, -0.25) is 14.5 Å². The SMILES string of the molecule is CO[C@H]1CN(C)C(=O)c2cc(NC(=O)c3cccc(F)c3)ccc2OC[C@H](C)N(CC2CC2)C[C@H]1C. The van der Waals surface area contributed by atoms with Gasteiger partial charge in [-0.05, 0) is 68.0 Å². The predicted molar refractivity (Wildman–Crippen MR) is 137 cm³/mol. The number of methoxy groups -OCH3 is 1. The van der Waals surface area contributed by atoms with E-state index >= 15 is 0 Å². The summed E-state index contributed by atoms with van der Waals surface area (Å²) in [4.78, 5) is 30.3. The van der Waals surface area contributed by atoms with Crippen LogP contribution in [0.25, 0.3) is 0 Å². The average molecular weight is 498 g/mol. The van der Waals surface area contributed by atoms with E-state index in [2.05, 4.69) is 24.1 Å². The molecule has 36 heavy (non-hydrogen) atoms. The van der Waals surface area contributed by atoms with E-state index in [1.54, 1.807) is 37.3 Å². The van der Waals surface area contributed by atoms with Crippen LogP contribution in [-0.2, 0) is 4.74 Å². The van der Waals surface area contributed by atoms with Crippen LogP contribution in [0.15, 0.2) is 42.5 Å². The number of hydrogen-bond acceptors (Lipinski definition) is 5. The van der Waals surface area contributed by atoms with Gasteiger partial charge in [0.25, 0.3) is 11.8 Å². The van der Waals surface area contributed by atoms with Gasteiger partial charge in [-0.1, -0.05) is 13.0 Å². The Bertz CT molecular complexity index is 1090. The van der Waals surface area contributed by atoms with Crippen molar-refractivity contribution < 1.29 is 23.5 Å². The van der Waals surface area contributed by atoms with E-state index in [0.717, 1.165) is 19.0 Å². The van der Waals surface area contributed by atoms with Gasteiger partial charge in [0.15, 0.2) is 0 Å². The minimum Gasteiger partial charge on any atom is -0.491 e. The number of amides is 2. The van der Waals surface area contributed by atoms with Gasteiger partial charge in [0, 0.05) is 51.1 Å². The Kier molecular flexibility index (Phi) is 8.26. The Labute approximate surface area is 212 Å². The topological polar surface area (TPSA) is 71.1 Å². The third-order valence-corrected chi connectivity index (χ3v) is 7.11. The Balaban J connectivity index is 1.61. The molecule has 1 aliphatic carbocycles. The molecule has 2 aromatic rings. The molecular formula is C28H36FN3O4. The number of halogens is 1. The average Bonchev–Trinajstić information content (AvgIpc) is 3.68. The zero-order valence-electron chi connectivity index (χ0n) is 21.5. The maximum absolute atomic E-state index is 13.6. The molecule has 1 N–H and O–H groups in total. The van der Waals surface area contributed by atoms with Gasteiger partial charge in [0.2, 0.25) is 0 Å². The third-order valence-electron chi connectivity index (χ3n) is 7.11. The molecule has 2 amide bonds. The number of likely N-dealkylation sites (N-methyl/N-ethyl adjacent to an activating group) is 1. The lowest BCUT2D eigenvalue weighted by Gasteiger charge is -2.36. The quantitative estimate of drug-likeness (QED) is 0.667. The standard InChI is InChI=1S/C28H36FN3O4/c1-18-14-32(15-20-8-9-20)19(2)17-36-25-11-10-23(30-27(33)21-6-5-7-22(29)12-21)13-24(25)28(34)31(3)16-26(18)35-4/h5-7,10-13,18-20,26H,8-9,14-17H2,1-4H3,(H,30,33)/t18-,19+,26+/m1/s1. The molecule has 8 heteroatoms. The normalized spacial score (nSPS) is 23.8. The minimum atomic E-state index is -0.489. The number of benzene rings is 2. The van der Waals surface area contributed by atoms with Crippen LogP contribution in [0.3, 0.4) is 0 Å². The van der Waals surface area contributed by atoms with Crippen LogP contribution >= 0.6 is 0 Å². The number of nitrogens with zero attached hydrogens (tertiary/aromatic N) is 2. The van der Waals surface area contributed by atoms with Crippen molar-refractivity contribution in [2.45, 2.75) is 38.8 Å². The van der Waals surface area contributed by atoms with E-state index in [4.69, 9.17) is 9.47 Å². The van der Waals surface area contributed by atoms with Crippen LogP contribution in [0, 0.1) is 17.7 Å². The van der Waals surface area contributed by atoms with Crippen LogP contribution in [0.2, 0.25) is 0 Å². The molecule has 0 radical (unpaired) electrons. The molecule has 1 heterocycles. The molecule has 1 saturated carbocycles. The molecule has 2 aliphatic rings. The summed E-state index contributed by atoms with van der Waals surface area (Å²) in [6, 6.07) is 10.7. The van der Waals surface area contributed by atoms with Gasteiger partial charge in [0.1, 0.15) is 18.2 Å². The second-order valence-corrected chi connectivity index (χ2v) is 10.2. The number of rotatable bonds is 5. The predicted octanol–water partition coefficient (Wildman–Crippen LogP) is 4.29. The largest absolute Gasteiger partial charge is 0.491 e. The smallest absolute Gasteiger partial charge is 0.257 e. The first-order valence-corrected chi connectivity index (χ1v) is 12.6. The number of hydrogen-bond donors (Lipinski definition) is 1. The third kappa shape index (κ3) is 6.42. The fourth-order valence-electron chi connectivity index (χ4n) is 4.65. The number of fused-ring (bicyclic) bond motifs is 1. The van der Waals surface area contributed by atoms with E-state index in [9.17, 15) is 14.0 Å². The molecule has 0 aromatic heterocycles. The van der Waals surface area contributed by atoms with Gasteiger partial charge in [-0.2, -0.15) is 0 Å². The molecule has 4 rings (SSSR count). The van der Waals surface area contributed by atoms with E-state index in [-0.39, 0.29) is 29.5 Å². The van der Waals surface area contributed by atoms with Crippen LogP contribution in [-0.4, -0.2) is 74.2 Å². The number of nitrogens with one attached hydrogen (secondary N) is 1. The molecule has 0 saturated heterocycles. The maximum Gasteiger partial charge on any atom is 0.257 e. The van der Waals surface area contributed by atoms with Gasteiger partial charge < -0.3 is 19.7 Å². The Morgan fingerprint density at radius 2 is 1.94 bits per heavy atom. The Morgan fingerprint density at radius 3 is 2.64 bits per heavy atom. The number of anilines is 1. The molecule has 0 spiro atoms. The minimum absolute atomic E-state index is 0.118. The number of carbonyl (C=O) groups is 2. The summed E-state index contributed by atoms with van der Waals surface area (Å²) >= 11 is 0. The lowest BCUT2D eigenvalue weighted by atomic mass is 10.0. The molecule has 0 unspecified atom stereocenters. The summed E-state index contributed by atoms with van der Waals surface area (Å²) in [5.41, 5.74) is 0.989. The molecular weight excluding hydrogens is 461 g/mol. The summed E-state index contributed by atoms with van der Waals surface area (Å²) in [7, 11) is 3.44. The second kappa shape index (κ2) is 11.4. The molecule has 2 aromatic carbocycles. The van der Waals surface area contributed by atoms with Crippen LogP contribution in [0.4, 0.5) is 10.1 Å². The van der Waals surface area contributed by atoms with Crippen molar-refractivity contribution in [2.75, 3.05) is 45.7 Å². The van der Waals surface area contributed by atoms with Crippen molar-refractivity contribution in [3.63, 3.8) is 0 Å². The molecule has 1 fully saturated rings. The highest BCUT2D eigenvalue weighted by atomic mass is 19.1. The number of carbonyl (C=O) groups excluding carboxylic acids is 2. The lowest BCUT2D eigenvalue weighted by Crippen LogP contribution is -2.47. The summed E-state index contributed by atoms with van der Waals surface area (Å²) in [6.45, 7) is 7.11. The van der Waals surface area contributed by atoms with Gasteiger partial charge in [0.05, 0.1) is 11.7 Å². The first-order valence-electron chi connectivity index (χ1n) is 12.6. The Morgan fingerprint density at radius 1 is 1.17 bits per heavy atom.